The van der Waals surface area contributed by atoms with Crippen LogP contribution in [0.1, 0.15) is 52.0 Å². The zero-order valence-corrected chi connectivity index (χ0v) is 12.4. The van der Waals surface area contributed by atoms with E-state index in [4.69, 9.17) is 0 Å². The van der Waals surface area contributed by atoms with Gasteiger partial charge in [-0.05, 0) is 50.1 Å². The second-order valence-corrected chi connectivity index (χ2v) is 5.70. The molecular formula is C15H29N3. The van der Waals surface area contributed by atoms with Gasteiger partial charge in [0.15, 0.2) is 0 Å². The van der Waals surface area contributed by atoms with E-state index >= 15 is 0 Å². The molecule has 0 bridgehead atoms. The van der Waals surface area contributed by atoms with E-state index < -0.39 is 0 Å². The highest BCUT2D eigenvalue weighted by molar-refractivity contribution is 5.03. The minimum absolute atomic E-state index is 0.682. The number of rotatable bonds is 9. The molecule has 0 saturated heterocycles. The van der Waals surface area contributed by atoms with Crippen LogP contribution < -0.4 is 5.32 Å². The van der Waals surface area contributed by atoms with E-state index in [1.54, 1.807) is 0 Å². The summed E-state index contributed by atoms with van der Waals surface area (Å²) in [5.74, 6) is 0.776. The molecule has 1 N–H and O–H groups in total. The van der Waals surface area contributed by atoms with Crippen LogP contribution in [-0.4, -0.2) is 22.4 Å². The molecule has 0 saturated carbocycles. The van der Waals surface area contributed by atoms with Gasteiger partial charge in [-0.2, -0.15) is 5.10 Å². The third-order valence-corrected chi connectivity index (χ3v) is 3.22. The van der Waals surface area contributed by atoms with Crippen molar-refractivity contribution in [1.29, 1.82) is 0 Å². The maximum Gasteiger partial charge on any atom is 0.0521 e. The van der Waals surface area contributed by atoms with E-state index in [0.717, 1.165) is 18.9 Å². The van der Waals surface area contributed by atoms with Crippen LogP contribution in [0, 0.1) is 5.92 Å². The largest absolute Gasteiger partial charge is 0.314 e. The van der Waals surface area contributed by atoms with E-state index in [0.29, 0.717) is 6.04 Å². The summed E-state index contributed by atoms with van der Waals surface area (Å²) in [4.78, 5) is 0. The van der Waals surface area contributed by atoms with Gasteiger partial charge in [0.2, 0.25) is 0 Å². The van der Waals surface area contributed by atoms with Crippen LogP contribution in [0.2, 0.25) is 0 Å². The number of nitrogens with zero attached hydrogens (tertiary/aromatic N) is 2. The van der Waals surface area contributed by atoms with Crippen LogP contribution in [0.4, 0.5) is 0 Å². The van der Waals surface area contributed by atoms with Crippen molar-refractivity contribution in [2.24, 2.45) is 13.0 Å². The molecule has 0 fully saturated rings. The zero-order chi connectivity index (χ0) is 13.4. The normalized spacial score (nSPS) is 13.2. The summed E-state index contributed by atoms with van der Waals surface area (Å²) in [6, 6.07) is 0.682. The van der Waals surface area contributed by atoms with Crippen LogP contribution in [-0.2, 0) is 13.5 Å². The van der Waals surface area contributed by atoms with Crippen molar-refractivity contribution in [3.05, 3.63) is 18.0 Å². The van der Waals surface area contributed by atoms with Crippen molar-refractivity contribution in [2.75, 3.05) is 6.54 Å². The smallest absolute Gasteiger partial charge is 0.0521 e. The van der Waals surface area contributed by atoms with Gasteiger partial charge in [0, 0.05) is 19.3 Å². The lowest BCUT2D eigenvalue weighted by Gasteiger charge is -2.20. The molecule has 18 heavy (non-hydrogen) atoms. The van der Waals surface area contributed by atoms with Gasteiger partial charge >= 0.3 is 0 Å². The lowest BCUT2D eigenvalue weighted by molar-refractivity contribution is 0.391. The first-order valence-corrected chi connectivity index (χ1v) is 7.32. The molecule has 3 nitrogen and oxygen atoms in total. The van der Waals surface area contributed by atoms with Crippen LogP contribution in [0.3, 0.4) is 0 Å². The zero-order valence-electron chi connectivity index (χ0n) is 12.4. The van der Waals surface area contributed by atoms with Crippen molar-refractivity contribution in [1.82, 2.24) is 15.1 Å². The van der Waals surface area contributed by atoms with E-state index in [-0.39, 0.29) is 0 Å². The molecule has 1 rings (SSSR count). The molecule has 1 aromatic heterocycles. The fourth-order valence-corrected chi connectivity index (χ4v) is 2.37. The molecule has 0 aliphatic rings. The Labute approximate surface area is 112 Å². The Morgan fingerprint density at radius 1 is 1.39 bits per heavy atom. The summed E-state index contributed by atoms with van der Waals surface area (Å²) in [5, 5.41) is 7.88. The van der Waals surface area contributed by atoms with Crippen LogP contribution >= 0.6 is 0 Å². The Morgan fingerprint density at radius 3 is 2.72 bits per heavy atom. The summed E-state index contributed by atoms with van der Waals surface area (Å²) in [7, 11) is 1.98. The fourth-order valence-electron chi connectivity index (χ4n) is 2.37. The number of aryl methyl sites for hydroxylation is 2. The second-order valence-electron chi connectivity index (χ2n) is 5.70. The molecule has 0 amide bonds. The molecule has 104 valence electrons. The Bertz CT molecular complexity index is 317. The highest BCUT2D eigenvalue weighted by atomic mass is 15.2. The summed E-state index contributed by atoms with van der Waals surface area (Å²) >= 11 is 0. The Balaban J connectivity index is 2.27. The van der Waals surface area contributed by atoms with Crippen LogP contribution in [0.5, 0.6) is 0 Å². The quantitative estimate of drug-likeness (QED) is 0.730. The molecule has 1 unspecified atom stereocenters. The SMILES string of the molecule is CCCNC(CCCc1cnn(C)c1)CC(C)C. The molecule has 0 spiro atoms. The first-order chi connectivity index (χ1) is 8.61. The Hall–Kier alpha value is -0.830. The van der Waals surface area contributed by atoms with Gasteiger partial charge in [-0.15, -0.1) is 0 Å². The minimum atomic E-state index is 0.682. The summed E-state index contributed by atoms with van der Waals surface area (Å²) in [6.07, 6.45) is 10.3. The van der Waals surface area contributed by atoms with Gasteiger partial charge in [-0.1, -0.05) is 20.8 Å². The van der Waals surface area contributed by atoms with E-state index in [9.17, 15) is 0 Å². The average Bonchev–Trinajstić information content (AvgIpc) is 2.71. The van der Waals surface area contributed by atoms with Crippen molar-refractivity contribution in [3.63, 3.8) is 0 Å². The van der Waals surface area contributed by atoms with E-state index in [1.165, 1.54) is 31.2 Å². The van der Waals surface area contributed by atoms with Crippen molar-refractivity contribution < 1.29 is 0 Å². The summed E-state index contributed by atoms with van der Waals surface area (Å²) in [6.45, 7) is 7.99. The predicted molar refractivity (Wildman–Crippen MR) is 77.7 cm³/mol. The monoisotopic (exact) mass is 251 g/mol. The maximum absolute atomic E-state index is 4.21. The van der Waals surface area contributed by atoms with Crippen molar-refractivity contribution in [3.8, 4) is 0 Å². The van der Waals surface area contributed by atoms with Gasteiger partial charge in [-0.3, -0.25) is 4.68 Å². The van der Waals surface area contributed by atoms with Gasteiger partial charge in [-0.25, -0.2) is 0 Å². The molecule has 0 aromatic carbocycles. The van der Waals surface area contributed by atoms with E-state index in [2.05, 4.69) is 37.4 Å². The lowest BCUT2D eigenvalue weighted by Crippen LogP contribution is -2.31. The minimum Gasteiger partial charge on any atom is -0.314 e. The molecule has 1 atom stereocenters. The number of hydrogen-bond acceptors (Lipinski definition) is 2. The summed E-state index contributed by atoms with van der Waals surface area (Å²) in [5.41, 5.74) is 1.36. The Kier molecular flexibility index (Phi) is 7.02. The lowest BCUT2D eigenvalue weighted by atomic mass is 9.98. The third-order valence-electron chi connectivity index (χ3n) is 3.22. The predicted octanol–water partition coefficient (Wildman–Crippen LogP) is 3.16. The molecular weight excluding hydrogens is 222 g/mol. The van der Waals surface area contributed by atoms with Gasteiger partial charge in [0.25, 0.3) is 0 Å². The third kappa shape index (κ3) is 6.20. The first kappa shape index (κ1) is 15.2. The standard InChI is InChI=1S/C15H29N3/c1-5-9-16-15(10-13(2)3)8-6-7-14-11-17-18(4)12-14/h11-13,15-16H,5-10H2,1-4H3. The summed E-state index contributed by atoms with van der Waals surface area (Å²) < 4.78 is 1.89. The van der Waals surface area contributed by atoms with Crippen LogP contribution in [0.25, 0.3) is 0 Å². The maximum atomic E-state index is 4.21. The van der Waals surface area contributed by atoms with Gasteiger partial charge < -0.3 is 5.32 Å². The fraction of sp³-hybridized carbons (Fsp3) is 0.800. The highest BCUT2D eigenvalue weighted by Crippen LogP contribution is 2.12. The number of hydrogen-bond donors (Lipinski definition) is 1. The molecule has 1 heterocycles. The molecule has 0 aliphatic carbocycles. The molecule has 1 aromatic rings. The van der Waals surface area contributed by atoms with Crippen LogP contribution in [0.15, 0.2) is 12.4 Å². The Morgan fingerprint density at radius 2 is 2.17 bits per heavy atom. The number of aromatic nitrogens is 2. The van der Waals surface area contributed by atoms with Crippen molar-refractivity contribution in [2.45, 2.75) is 58.9 Å². The van der Waals surface area contributed by atoms with E-state index in [1.807, 2.05) is 17.9 Å². The second kappa shape index (κ2) is 8.30. The van der Waals surface area contributed by atoms with Gasteiger partial charge in [0.05, 0.1) is 6.20 Å². The molecule has 3 heteroatoms. The highest BCUT2D eigenvalue weighted by Gasteiger charge is 2.09. The molecule has 0 aliphatic heterocycles. The average molecular weight is 251 g/mol. The first-order valence-electron chi connectivity index (χ1n) is 7.32. The molecule has 0 radical (unpaired) electrons. The number of nitrogens with one attached hydrogen (secondary N) is 1. The topological polar surface area (TPSA) is 29.9 Å². The van der Waals surface area contributed by atoms with Crippen molar-refractivity contribution >= 4 is 0 Å². The van der Waals surface area contributed by atoms with Gasteiger partial charge in [0.1, 0.15) is 0 Å².